The highest BCUT2D eigenvalue weighted by Gasteiger charge is 2.29. The smallest absolute Gasteiger partial charge is 0.228 e. The van der Waals surface area contributed by atoms with Crippen molar-refractivity contribution in [2.75, 3.05) is 5.32 Å². The topological polar surface area (TPSA) is 78.7 Å². The van der Waals surface area contributed by atoms with Crippen LogP contribution in [-0.2, 0) is 4.79 Å². The van der Waals surface area contributed by atoms with Crippen molar-refractivity contribution in [3.05, 3.63) is 18.1 Å². The maximum atomic E-state index is 11.5. The number of carbonyl (C=O) groups excluding carboxylic acids is 1. The highest BCUT2D eigenvalue weighted by molar-refractivity contribution is 14.1. The van der Waals surface area contributed by atoms with Gasteiger partial charge < -0.3 is 5.32 Å². The van der Waals surface area contributed by atoms with Crippen LogP contribution in [0.25, 0.3) is 0 Å². The molecule has 0 radical (unpaired) electrons. The quantitative estimate of drug-likeness (QED) is 0.657. The molecule has 2 rings (SSSR count). The van der Waals surface area contributed by atoms with E-state index in [0.29, 0.717) is 5.82 Å². The predicted molar refractivity (Wildman–Crippen MR) is 68.5 cm³/mol. The zero-order chi connectivity index (χ0) is 11.5. The van der Waals surface area contributed by atoms with Crippen molar-refractivity contribution in [2.24, 2.45) is 5.92 Å². The van der Waals surface area contributed by atoms with E-state index in [0.717, 1.165) is 18.5 Å². The van der Waals surface area contributed by atoms with E-state index >= 15 is 0 Å². The van der Waals surface area contributed by atoms with Crippen molar-refractivity contribution in [1.29, 1.82) is 3.56 Å². The molecule has 1 amide bonds. The summed E-state index contributed by atoms with van der Waals surface area (Å²) in [6.45, 7) is 1.98. The van der Waals surface area contributed by atoms with Crippen LogP contribution >= 0.6 is 21.0 Å². The molecule has 0 spiro atoms. The summed E-state index contributed by atoms with van der Waals surface area (Å²) in [4.78, 5) is 19.7. The normalized spacial score (nSPS) is 16.8. The van der Waals surface area contributed by atoms with Crippen LogP contribution in [0.2, 0.25) is 0 Å². The average molecular weight is 332 g/mol. The zero-order valence-corrected chi connectivity index (χ0v) is 11.1. The Labute approximate surface area is 104 Å². The lowest BCUT2D eigenvalue weighted by molar-refractivity contribution is -0.117. The lowest BCUT2D eigenvalue weighted by Gasteiger charge is -2.06. The van der Waals surface area contributed by atoms with Gasteiger partial charge in [-0.1, -0.05) is 0 Å². The minimum Gasteiger partial charge on any atom is -0.310 e. The Bertz CT molecular complexity index is 419. The van der Waals surface area contributed by atoms with Crippen LogP contribution in [0.4, 0.5) is 5.82 Å². The van der Waals surface area contributed by atoms with Gasteiger partial charge in [-0.15, -0.1) is 0 Å². The molecule has 1 fully saturated rings. The molecule has 1 heterocycles. The summed E-state index contributed by atoms with van der Waals surface area (Å²) in [5, 5.41) is 2.78. The van der Waals surface area contributed by atoms with Gasteiger partial charge in [0.05, 0.1) is 9.62 Å². The number of anilines is 1. The summed E-state index contributed by atoms with van der Waals surface area (Å²) in [5.74, 6) is 0.795. The largest absolute Gasteiger partial charge is 0.310 e. The number of amides is 1. The third-order valence-corrected chi connectivity index (χ3v) is 4.03. The van der Waals surface area contributed by atoms with Gasteiger partial charge in [0.1, 0.15) is 12.1 Å². The van der Waals surface area contributed by atoms with E-state index in [1.807, 2.05) is 6.92 Å². The monoisotopic (exact) mass is 332 g/mol. The summed E-state index contributed by atoms with van der Waals surface area (Å²) in [5.41, 5.74) is 0.851. The van der Waals surface area contributed by atoms with E-state index in [1.165, 1.54) is 6.33 Å². The van der Waals surface area contributed by atoms with Crippen molar-refractivity contribution < 1.29 is 4.79 Å². The van der Waals surface area contributed by atoms with Crippen LogP contribution in [0.3, 0.4) is 0 Å². The van der Waals surface area contributed by atoms with Crippen LogP contribution in [0.5, 0.6) is 0 Å². The highest BCUT2D eigenvalue weighted by Crippen LogP contribution is 2.30. The van der Waals surface area contributed by atoms with Crippen molar-refractivity contribution in [1.82, 2.24) is 9.97 Å². The van der Waals surface area contributed by atoms with E-state index in [4.69, 9.17) is 3.56 Å². The molecule has 1 aromatic rings. The Kier molecular flexibility index (Phi) is 3.57. The van der Waals surface area contributed by atoms with Crippen LogP contribution in [0.15, 0.2) is 12.4 Å². The molecular formula is C10H13IN4O. The highest BCUT2D eigenvalue weighted by atomic mass is 127. The number of halogens is 1. The number of carbonyl (C=O) groups is 1. The number of hydrogen-bond donors (Lipinski definition) is 2. The number of nitrogens with zero attached hydrogens (tertiary/aromatic N) is 2. The maximum absolute atomic E-state index is 11.5. The van der Waals surface area contributed by atoms with Gasteiger partial charge in [0.25, 0.3) is 0 Å². The number of alkyl halides is 1. The predicted octanol–water partition coefficient (Wildman–Crippen LogP) is 2.62. The summed E-state index contributed by atoms with van der Waals surface area (Å²) >= 11 is -0.621. The van der Waals surface area contributed by atoms with Crippen LogP contribution in [0, 0.1) is 9.48 Å². The second-order valence-corrected chi connectivity index (χ2v) is 6.31. The zero-order valence-electron chi connectivity index (χ0n) is 8.90. The standard InChI is InChI=1S/C10H13IN4O/c1-6(11-12)8-4-9(14-5-13-8)15-10(16)7-2-3-7/h4-7,12H,2-3H2,1H3,(H,13,14,15,16). The molecule has 16 heavy (non-hydrogen) atoms. The summed E-state index contributed by atoms with van der Waals surface area (Å²) in [6, 6.07) is 1.78. The van der Waals surface area contributed by atoms with E-state index in [9.17, 15) is 4.79 Å². The molecule has 0 aliphatic heterocycles. The Morgan fingerprint density at radius 1 is 1.62 bits per heavy atom. The Morgan fingerprint density at radius 3 is 3.00 bits per heavy atom. The van der Waals surface area contributed by atoms with Crippen molar-refractivity contribution >= 4 is 32.8 Å². The summed E-state index contributed by atoms with van der Waals surface area (Å²) < 4.78 is 7.58. The Hall–Kier alpha value is -0.920. The van der Waals surface area contributed by atoms with Crippen molar-refractivity contribution in [2.45, 2.75) is 23.7 Å². The number of aromatic nitrogens is 2. The first-order valence-electron chi connectivity index (χ1n) is 5.12. The third kappa shape index (κ3) is 2.81. The molecule has 0 bridgehead atoms. The second kappa shape index (κ2) is 4.94. The molecule has 1 aromatic heterocycles. The van der Waals surface area contributed by atoms with Gasteiger partial charge in [0, 0.05) is 12.0 Å². The van der Waals surface area contributed by atoms with E-state index in [-0.39, 0.29) is 15.7 Å². The van der Waals surface area contributed by atoms with Crippen molar-refractivity contribution in [3.8, 4) is 0 Å². The minimum atomic E-state index is -0.621. The molecule has 1 aliphatic carbocycles. The average Bonchev–Trinajstić information content (AvgIpc) is 3.12. The van der Waals surface area contributed by atoms with Crippen LogP contribution in [-0.4, -0.2) is 15.9 Å². The molecule has 6 heteroatoms. The third-order valence-electron chi connectivity index (χ3n) is 2.46. The molecular weight excluding hydrogens is 319 g/mol. The van der Waals surface area contributed by atoms with Gasteiger partial charge in [0.2, 0.25) is 5.91 Å². The molecule has 1 atom stereocenters. The van der Waals surface area contributed by atoms with E-state index < -0.39 is 21.0 Å². The second-order valence-electron chi connectivity index (χ2n) is 3.82. The molecule has 2 N–H and O–H groups in total. The van der Waals surface area contributed by atoms with Crippen molar-refractivity contribution in [3.63, 3.8) is 0 Å². The lowest BCUT2D eigenvalue weighted by atomic mass is 10.3. The molecule has 0 saturated heterocycles. The fourth-order valence-electron chi connectivity index (χ4n) is 1.29. The lowest BCUT2D eigenvalue weighted by Crippen LogP contribution is -2.14. The maximum Gasteiger partial charge on any atom is 0.228 e. The Morgan fingerprint density at radius 2 is 2.38 bits per heavy atom. The first-order valence-corrected chi connectivity index (χ1v) is 7.45. The fraction of sp³-hybridized carbons (Fsp3) is 0.500. The molecule has 86 valence electrons. The van der Waals surface area contributed by atoms with Gasteiger partial charge in [-0.2, -0.15) is 0 Å². The molecule has 1 saturated carbocycles. The van der Waals surface area contributed by atoms with Gasteiger partial charge in [-0.3, -0.25) is 8.36 Å². The molecule has 1 aliphatic rings. The first kappa shape index (κ1) is 11.6. The summed E-state index contributed by atoms with van der Waals surface area (Å²) in [7, 11) is 0. The number of rotatable bonds is 4. The van der Waals surface area contributed by atoms with E-state index in [2.05, 4.69) is 15.3 Å². The molecule has 0 aromatic carbocycles. The van der Waals surface area contributed by atoms with Crippen LogP contribution < -0.4 is 5.32 Å². The van der Waals surface area contributed by atoms with Crippen LogP contribution in [0.1, 0.15) is 29.4 Å². The first-order chi connectivity index (χ1) is 7.70. The van der Waals surface area contributed by atoms with Gasteiger partial charge in [0.15, 0.2) is 0 Å². The van der Waals surface area contributed by atoms with Gasteiger partial charge in [-0.25, -0.2) is 9.97 Å². The minimum absolute atomic E-state index is 0.0536. The SMILES string of the molecule is CC(I=N)c1cc(NC(=O)C2CC2)ncn1. The Balaban J connectivity index is 2.08. The number of nitrogens with one attached hydrogen (secondary N) is 2. The van der Waals surface area contributed by atoms with E-state index in [1.54, 1.807) is 6.07 Å². The number of hydrogen-bond acceptors (Lipinski definition) is 4. The fourth-order valence-corrected chi connectivity index (χ4v) is 1.95. The van der Waals surface area contributed by atoms with Gasteiger partial charge >= 0.3 is 0 Å². The molecule has 5 nitrogen and oxygen atoms in total. The van der Waals surface area contributed by atoms with Gasteiger partial charge in [-0.05, 0) is 40.8 Å². The summed E-state index contributed by atoms with van der Waals surface area (Å²) in [6.07, 6.45) is 3.42. The molecule has 1 unspecified atom stereocenters.